The standard InChI is InChI=1S/C4H2Cl8O/c5-2(6,7)1(3(8,9)10)4(11,12)13/h1,13H. The molecule has 0 bridgehead atoms. The molecule has 0 aliphatic heterocycles. The first-order valence-corrected chi connectivity index (χ1v) is 5.63. The summed E-state index contributed by atoms with van der Waals surface area (Å²) in [5.74, 6) is -1.59. The number of hydrogen-bond donors (Lipinski definition) is 1. The molecule has 0 saturated carbocycles. The van der Waals surface area contributed by atoms with Gasteiger partial charge in [-0.1, -0.05) is 92.8 Å². The summed E-state index contributed by atoms with van der Waals surface area (Å²) in [6.07, 6.45) is 0. The van der Waals surface area contributed by atoms with Crippen LogP contribution in [0.1, 0.15) is 0 Å². The minimum atomic E-state index is -2.46. The summed E-state index contributed by atoms with van der Waals surface area (Å²) in [4.78, 5) is 0. The second kappa shape index (κ2) is 4.65. The highest BCUT2D eigenvalue weighted by molar-refractivity contribution is 6.73. The van der Waals surface area contributed by atoms with Crippen molar-refractivity contribution in [3.63, 3.8) is 0 Å². The molecule has 0 atom stereocenters. The van der Waals surface area contributed by atoms with Crippen LogP contribution in [0.15, 0.2) is 0 Å². The molecule has 0 unspecified atom stereocenters. The van der Waals surface area contributed by atoms with Gasteiger partial charge in [0.2, 0.25) is 12.1 Å². The summed E-state index contributed by atoms with van der Waals surface area (Å²) in [5, 5.41) is 9.17. The van der Waals surface area contributed by atoms with Crippen molar-refractivity contribution in [1.29, 1.82) is 0 Å². The Kier molecular flexibility index (Phi) is 5.46. The van der Waals surface area contributed by atoms with Crippen molar-refractivity contribution >= 4 is 92.8 Å². The minimum absolute atomic E-state index is 1.59. The molecule has 1 N–H and O–H groups in total. The lowest BCUT2D eigenvalue weighted by Crippen LogP contribution is -2.44. The van der Waals surface area contributed by atoms with Crippen LogP contribution in [0.4, 0.5) is 0 Å². The molecule has 0 aromatic rings. The molecular weight excluding hydrogens is 348 g/mol. The summed E-state index contributed by atoms with van der Waals surface area (Å²) in [6, 6.07) is 0. The molecule has 13 heavy (non-hydrogen) atoms. The predicted molar refractivity (Wildman–Crippen MR) is 60.7 cm³/mol. The van der Waals surface area contributed by atoms with E-state index in [1.165, 1.54) is 0 Å². The second-order valence-corrected chi connectivity index (χ2v) is 8.19. The molecule has 0 fully saturated rings. The molecule has 1 nitrogen and oxygen atoms in total. The van der Waals surface area contributed by atoms with Gasteiger partial charge in [0, 0.05) is 0 Å². The minimum Gasteiger partial charge on any atom is -0.362 e. The highest BCUT2D eigenvalue weighted by Gasteiger charge is 2.57. The van der Waals surface area contributed by atoms with Crippen LogP contribution in [0.3, 0.4) is 0 Å². The van der Waals surface area contributed by atoms with E-state index >= 15 is 0 Å². The maximum atomic E-state index is 9.17. The van der Waals surface area contributed by atoms with Crippen LogP contribution >= 0.6 is 92.8 Å². The van der Waals surface area contributed by atoms with E-state index in [1.54, 1.807) is 0 Å². The Morgan fingerprint density at radius 3 is 0.923 bits per heavy atom. The largest absolute Gasteiger partial charge is 0.362 e. The third kappa shape index (κ3) is 5.24. The van der Waals surface area contributed by atoms with Crippen LogP contribution in [0, 0.1) is 5.92 Å². The third-order valence-electron chi connectivity index (χ3n) is 1.00. The van der Waals surface area contributed by atoms with Gasteiger partial charge < -0.3 is 5.11 Å². The lowest BCUT2D eigenvalue weighted by atomic mass is 10.2. The van der Waals surface area contributed by atoms with E-state index in [0.29, 0.717) is 0 Å². The van der Waals surface area contributed by atoms with Gasteiger partial charge in [-0.3, -0.25) is 0 Å². The fourth-order valence-corrected chi connectivity index (χ4v) is 4.34. The summed E-state index contributed by atoms with van der Waals surface area (Å²) in [6.45, 7) is 0. The second-order valence-electron chi connectivity index (χ2n) is 2.10. The van der Waals surface area contributed by atoms with E-state index in [-0.39, 0.29) is 0 Å². The fraction of sp³-hybridized carbons (Fsp3) is 1.00. The molecule has 0 aromatic heterocycles. The molecule has 9 heteroatoms. The zero-order valence-corrected chi connectivity index (χ0v) is 11.6. The van der Waals surface area contributed by atoms with Gasteiger partial charge in [-0.15, -0.1) is 0 Å². The molecule has 80 valence electrons. The topological polar surface area (TPSA) is 20.2 Å². The lowest BCUT2D eigenvalue weighted by molar-refractivity contribution is 0.147. The molecule has 0 aliphatic rings. The molecule has 0 heterocycles. The Bertz CT molecular complexity index is 139. The SMILES string of the molecule is OC(Cl)(Cl)C(C(Cl)(Cl)Cl)C(Cl)(Cl)Cl. The van der Waals surface area contributed by atoms with Gasteiger partial charge in [0.05, 0.1) is 0 Å². The summed E-state index contributed by atoms with van der Waals surface area (Å²) in [7, 11) is 0. The van der Waals surface area contributed by atoms with Crippen molar-refractivity contribution in [3.8, 4) is 0 Å². The van der Waals surface area contributed by atoms with Crippen molar-refractivity contribution in [2.24, 2.45) is 5.92 Å². The molecule has 0 radical (unpaired) electrons. The zero-order chi connectivity index (χ0) is 11.1. The Hall–Kier alpha value is 2.28. The number of alkyl halides is 8. The number of rotatable bonds is 1. The van der Waals surface area contributed by atoms with E-state index in [2.05, 4.69) is 0 Å². The third-order valence-corrected chi connectivity index (χ3v) is 2.75. The molecular formula is C4H2Cl8O. The van der Waals surface area contributed by atoms with Crippen LogP contribution in [0.25, 0.3) is 0 Å². The van der Waals surface area contributed by atoms with Gasteiger partial charge >= 0.3 is 0 Å². The van der Waals surface area contributed by atoms with Gasteiger partial charge in [-0.2, -0.15) is 0 Å². The Morgan fingerprint density at radius 1 is 0.692 bits per heavy atom. The van der Waals surface area contributed by atoms with Crippen LogP contribution in [-0.2, 0) is 0 Å². The predicted octanol–water partition coefficient (Wildman–Crippen LogP) is 4.47. The molecule has 0 aromatic carbocycles. The van der Waals surface area contributed by atoms with Crippen LogP contribution < -0.4 is 0 Å². The molecule has 0 rings (SSSR count). The van der Waals surface area contributed by atoms with E-state index < -0.39 is 18.0 Å². The van der Waals surface area contributed by atoms with Crippen molar-refractivity contribution < 1.29 is 5.11 Å². The molecule has 0 aliphatic carbocycles. The van der Waals surface area contributed by atoms with Gasteiger partial charge in [0.25, 0.3) is 0 Å². The lowest BCUT2D eigenvalue weighted by Gasteiger charge is -2.35. The normalized spacial score (nSPS) is 15.2. The summed E-state index contributed by atoms with van der Waals surface area (Å²) in [5.41, 5.74) is 0. The maximum Gasteiger partial charge on any atom is 0.226 e. The average molecular weight is 350 g/mol. The van der Waals surface area contributed by atoms with Crippen LogP contribution in [-0.4, -0.2) is 17.2 Å². The first kappa shape index (κ1) is 15.3. The van der Waals surface area contributed by atoms with E-state index in [9.17, 15) is 5.11 Å². The van der Waals surface area contributed by atoms with Gasteiger partial charge in [-0.05, 0) is 0 Å². The van der Waals surface area contributed by atoms with E-state index in [0.717, 1.165) is 0 Å². The number of hydrogen-bond acceptors (Lipinski definition) is 1. The molecule has 0 spiro atoms. The average Bonchev–Trinajstić information content (AvgIpc) is 1.44. The monoisotopic (exact) mass is 346 g/mol. The fourth-order valence-electron chi connectivity index (χ4n) is 0.579. The van der Waals surface area contributed by atoms with Crippen LogP contribution in [0.2, 0.25) is 0 Å². The maximum absolute atomic E-state index is 9.17. The number of aliphatic hydroxyl groups is 1. The van der Waals surface area contributed by atoms with Gasteiger partial charge in [-0.25, -0.2) is 0 Å². The molecule has 0 amide bonds. The van der Waals surface area contributed by atoms with Crippen molar-refractivity contribution in [2.45, 2.75) is 12.1 Å². The zero-order valence-electron chi connectivity index (χ0n) is 5.55. The summed E-state index contributed by atoms with van der Waals surface area (Å²) >= 11 is 43.1. The summed E-state index contributed by atoms with van der Waals surface area (Å²) < 4.78 is -6.68. The molecule has 0 saturated heterocycles. The Morgan fingerprint density at radius 2 is 0.923 bits per heavy atom. The van der Waals surface area contributed by atoms with E-state index in [1.807, 2.05) is 0 Å². The first-order valence-electron chi connectivity index (χ1n) is 2.60. The smallest absolute Gasteiger partial charge is 0.226 e. The number of halogens is 8. The Labute approximate surface area is 115 Å². The van der Waals surface area contributed by atoms with Crippen molar-refractivity contribution in [3.05, 3.63) is 0 Å². The van der Waals surface area contributed by atoms with Crippen molar-refractivity contribution in [1.82, 2.24) is 0 Å². The van der Waals surface area contributed by atoms with Crippen molar-refractivity contribution in [2.75, 3.05) is 0 Å². The van der Waals surface area contributed by atoms with E-state index in [4.69, 9.17) is 92.8 Å². The van der Waals surface area contributed by atoms with Gasteiger partial charge in [0.15, 0.2) is 0 Å². The highest BCUT2D eigenvalue weighted by atomic mass is 35.6. The first-order chi connectivity index (χ1) is 5.37. The Balaban J connectivity index is 5.02. The van der Waals surface area contributed by atoms with Crippen LogP contribution in [0.5, 0.6) is 0 Å². The quantitative estimate of drug-likeness (QED) is 0.693. The highest BCUT2D eigenvalue weighted by Crippen LogP contribution is 2.55. The van der Waals surface area contributed by atoms with Gasteiger partial charge in [0.1, 0.15) is 5.92 Å².